The maximum absolute atomic E-state index is 13.2. The maximum atomic E-state index is 13.2. The third-order valence-electron chi connectivity index (χ3n) is 1.84. The second kappa shape index (κ2) is 5.70. The van der Waals surface area contributed by atoms with E-state index in [1.54, 1.807) is 26.0 Å². The molecule has 0 fully saturated rings. The second-order valence-corrected chi connectivity index (χ2v) is 3.53. The van der Waals surface area contributed by atoms with Crippen molar-refractivity contribution < 1.29 is 18.7 Å². The Morgan fingerprint density at radius 3 is 2.81 bits per heavy atom. The predicted octanol–water partition coefficient (Wildman–Crippen LogP) is 2.89. The summed E-state index contributed by atoms with van der Waals surface area (Å²) in [5.41, 5.74) is 0.652. The Labute approximate surface area is 98.1 Å². The second-order valence-electron chi connectivity index (χ2n) is 3.10. The molecule has 1 rings (SSSR count). The van der Waals surface area contributed by atoms with Crippen molar-refractivity contribution in [3.8, 4) is 5.75 Å². The van der Waals surface area contributed by atoms with Crippen molar-refractivity contribution >= 4 is 17.6 Å². The molecule has 5 heteroatoms. The van der Waals surface area contributed by atoms with Crippen LogP contribution in [0.2, 0.25) is 5.02 Å². The lowest BCUT2D eigenvalue weighted by molar-refractivity contribution is -0.159. The minimum absolute atomic E-state index is 0.113. The minimum Gasteiger partial charge on any atom is -0.461 e. The molecule has 16 heavy (non-hydrogen) atoms. The van der Waals surface area contributed by atoms with E-state index in [0.29, 0.717) is 10.6 Å². The van der Waals surface area contributed by atoms with E-state index in [2.05, 4.69) is 4.74 Å². The zero-order valence-corrected chi connectivity index (χ0v) is 9.75. The highest BCUT2D eigenvalue weighted by atomic mass is 35.5. The molecule has 0 spiro atoms. The number of hydrogen-bond acceptors (Lipinski definition) is 3. The predicted molar refractivity (Wildman–Crippen MR) is 58.3 cm³/mol. The molecule has 0 bridgehead atoms. The van der Waals surface area contributed by atoms with Crippen LogP contribution >= 0.6 is 11.6 Å². The molecule has 1 atom stereocenters. The standard InChI is InChI=1S/C11H12ClFO3/c1-3-15-11(14)10(13)16-9-5-4-8(12)6-7(9)2/h4-6,10H,3H2,1-2H3. The summed E-state index contributed by atoms with van der Waals surface area (Å²) >= 11 is 5.72. The van der Waals surface area contributed by atoms with Crippen LogP contribution < -0.4 is 4.74 Å². The largest absolute Gasteiger partial charge is 0.461 e. The van der Waals surface area contributed by atoms with Crippen LogP contribution in [0.1, 0.15) is 12.5 Å². The quantitative estimate of drug-likeness (QED) is 0.767. The molecule has 0 amide bonds. The van der Waals surface area contributed by atoms with Crippen molar-refractivity contribution in [3.05, 3.63) is 28.8 Å². The van der Waals surface area contributed by atoms with Gasteiger partial charge in [0.05, 0.1) is 6.61 Å². The summed E-state index contributed by atoms with van der Waals surface area (Å²) in [4.78, 5) is 11.0. The van der Waals surface area contributed by atoms with Crippen molar-refractivity contribution in [1.29, 1.82) is 0 Å². The van der Waals surface area contributed by atoms with Crippen molar-refractivity contribution in [2.45, 2.75) is 20.2 Å². The molecule has 0 heterocycles. The van der Waals surface area contributed by atoms with Gasteiger partial charge in [-0.05, 0) is 37.6 Å². The van der Waals surface area contributed by atoms with E-state index in [4.69, 9.17) is 16.3 Å². The number of esters is 1. The highest BCUT2D eigenvalue weighted by Crippen LogP contribution is 2.23. The fraction of sp³-hybridized carbons (Fsp3) is 0.364. The van der Waals surface area contributed by atoms with Crippen molar-refractivity contribution in [1.82, 2.24) is 0 Å². The van der Waals surface area contributed by atoms with Crippen LogP contribution in [0.5, 0.6) is 5.75 Å². The van der Waals surface area contributed by atoms with Crippen LogP contribution in [0.15, 0.2) is 18.2 Å². The van der Waals surface area contributed by atoms with Gasteiger partial charge in [-0.15, -0.1) is 0 Å². The van der Waals surface area contributed by atoms with Gasteiger partial charge in [-0.1, -0.05) is 11.6 Å². The zero-order chi connectivity index (χ0) is 12.1. The average molecular weight is 247 g/mol. The fourth-order valence-corrected chi connectivity index (χ4v) is 1.34. The number of ether oxygens (including phenoxy) is 2. The number of carbonyl (C=O) groups is 1. The molecule has 0 saturated carbocycles. The van der Waals surface area contributed by atoms with Gasteiger partial charge in [-0.3, -0.25) is 0 Å². The van der Waals surface area contributed by atoms with Gasteiger partial charge >= 0.3 is 12.3 Å². The van der Waals surface area contributed by atoms with E-state index in [9.17, 15) is 9.18 Å². The summed E-state index contributed by atoms with van der Waals surface area (Å²) in [5.74, 6) is -0.762. The summed E-state index contributed by atoms with van der Waals surface area (Å²) in [6.07, 6.45) is -2.11. The van der Waals surface area contributed by atoms with E-state index in [0.717, 1.165) is 0 Å². The van der Waals surface area contributed by atoms with E-state index in [-0.39, 0.29) is 12.4 Å². The third kappa shape index (κ3) is 3.38. The Bertz CT molecular complexity index is 381. The highest BCUT2D eigenvalue weighted by molar-refractivity contribution is 6.30. The van der Waals surface area contributed by atoms with Crippen molar-refractivity contribution in [3.63, 3.8) is 0 Å². The average Bonchev–Trinajstić information content (AvgIpc) is 2.22. The molecular formula is C11H12ClFO3. The summed E-state index contributed by atoms with van der Waals surface area (Å²) in [6, 6.07) is 4.68. The van der Waals surface area contributed by atoms with Crippen LogP contribution in [0, 0.1) is 6.92 Å². The van der Waals surface area contributed by atoms with Crippen molar-refractivity contribution in [2.24, 2.45) is 0 Å². The van der Waals surface area contributed by atoms with Crippen molar-refractivity contribution in [2.75, 3.05) is 6.61 Å². The first-order valence-corrected chi connectivity index (χ1v) is 5.16. The van der Waals surface area contributed by atoms with E-state index in [1.165, 1.54) is 6.07 Å². The number of benzene rings is 1. The lowest BCUT2D eigenvalue weighted by Crippen LogP contribution is -2.25. The van der Waals surface area contributed by atoms with Gasteiger partial charge in [-0.25, -0.2) is 4.79 Å². The topological polar surface area (TPSA) is 35.5 Å². The molecule has 0 aliphatic rings. The fourth-order valence-electron chi connectivity index (χ4n) is 1.11. The molecule has 0 aliphatic carbocycles. The molecule has 0 aliphatic heterocycles. The van der Waals surface area contributed by atoms with Gasteiger partial charge in [0.1, 0.15) is 5.75 Å². The molecule has 1 aromatic rings. The van der Waals surface area contributed by atoms with Crippen LogP contribution in [0.4, 0.5) is 4.39 Å². The molecule has 88 valence electrons. The first kappa shape index (κ1) is 12.8. The number of rotatable bonds is 4. The number of aryl methyl sites for hydroxylation is 1. The van der Waals surface area contributed by atoms with Crippen LogP contribution in [-0.2, 0) is 9.53 Å². The first-order chi connectivity index (χ1) is 7.54. The third-order valence-corrected chi connectivity index (χ3v) is 2.07. The molecule has 0 radical (unpaired) electrons. The summed E-state index contributed by atoms with van der Waals surface area (Å²) in [7, 11) is 0. The van der Waals surface area contributed by atoms with Gasteiger partial charge in [-0.2, -0.15) is 4.39 Å². The Morgan fingerprint density at radius 1 is 1.56 bits per heavy atom. The molecular weight excluding hydrogens is 235 g/mol. The monoisotopic (exact) mass is 246 g/mol. The highest BCUT2D eigenvalue weighted by Gasteiger charge is 2.20. The van der Waals surface area contributed by atoms with Crippen LogP contribution in [0.3, 0.4) is 0 Å². The van der Waals surface area contributed by atoms with Gasteiger partial charge in [0.15, 0.2) is 0 Å². The molecule has 3 nitrogen and oxygen atoms in total. The molecule has 0 N–H and O–H groups in total. The number of halogens is 2. The number of hydrogen-bond donors (Lipinski definition) is 0. The SMILES string of the molecule is CCOC(=O)C(F)Oc1ccc(Cl)cc1C. The maximum Gasteiger partial charge on any atom is 0.381 e. The van der Waals surface area contributed by atoms with E-state index in [1.807, 2.05) is 0 Å². The van der Waals surface area contributed by atoms with Crippen LogP contribution in [0.25, 0.3) is 0 Å². The Kier molecular flexibility index (Phi) is 4.55. The van der Waals surface area contributed by atoms with E-state index < -0.39 is 12.3 Å². The van der Waals surface area contributed by atoms with Crippen LogP contribution in [-0.4, -0.2) is 18.9 Å². The Hall–Kier alpha value is -1.29. The lowest BCUT2D eigenvalue weighted by atomic mass is 10.2. The lowest BCUT2D eigenvalue weighted by Gasteiger charge is -2.12. The van der Waals surface area contributed by atoms with Gasteiger partial charge in [0.25, 0.3) is 0 Å². The summed E-state index contributed by atoms with van der Waals surface area (Å²) in [5, 5.41) is 0.524. The number of alkyl halides is 1. The van der Waals surface area contributed by atoms with Gasteiger partial charge < -0.3 is 9.47 Å². The Morgan fingerprint density at radius 2 is 2.25 bits per heavy atom. The van der Waals surface area contributed by atoms with Gasteiger partial charge in [0.2, 0.25) is 0 Å². The summed E-state index contributed by atoms with van der Waals surface area (Å²) < 4.78 is 22.5. The molecule has 1 aromatic carbocycles. The zero-order valence-electron chi connectivity index (χ0n) is 9.00. The van der Waals surface area contributed by atoms with E-state index >= 15 is 0 Å². The van der Waals surface area contributed by atoms with Gasteiger partial charge in [0, 0.05) is 5.02 Å². The normalized spacial score (nSPS) is 12.0. The first-order valence-electron chi connectivity index (χ1n) is 4.78. The summed E-state index contributed by atoms with van der Waals surface area (Å²) in [6.45, 7) is 3.42. The minimum atomic E-state index is -2.11. The molecule has 0 saturated heterocycles. The Balaban J connectivity index is 2.69. The smallest absolute Gasteiger partial charge is 0.381 e. The number of carbonyl (C=O) groups excluding carboxylic acids is 1. The molecule has 1 unspecified atom stereocenters. The molecule has 0 aromatic heterocycles.